The molecule has 2 heterocycles. The van der Waals surface area contributed by atoms with Crippen LogP contribution in [0.3, 0.4) is 0 Å². The lowest BCUT2D eigenvalue weighted by Gasteiger charge is -2.15. The van der Waals surface area contributed by atoms with Gasteiger partial charge in [-0.2, -0.15) is 18.2 Å². The third-order valence-corrected chi connectivity index (χ3v) is 5.32. The summed E-state index contributed by atoms with van der Waals surface area (Å²) in [5.41, 5.74) is 0.962. The Labute approximate surface area is 125 Å². The first-order chi connectivity index (χ1) is 9.98. The number of nitrogens with zero attached hydrogens (tertiary/aromatic N) is 5. The fourth-order valence-corrected chi connectivity index (χ4v) is 3.78. The Bertz CT molecular complexity index is 885. The van der Waals surface area contributed by atoms with Crippen LogP contribution in [0.5, 0.6) is 0 Å². The number of aromatic nitrogens is 5. The lowest BCUT2D eigenvalue weighted by molar-refractivity contribution is 0.458. The molecule has 0 aliphatic heterocycles. The van der Waals surface area contributed by atoms with Crippen molar-refractivity contribution in [3.63, 3.8) is 0 Å². The van der Waals surface area contributed by atoms with E-state index in [2.05, 4.69) is 23.9 Å². The van der Waals surface area contributed by atoms with Crippen LogP contribution >= 0.6 is 11.7 Å². The van der Waals surface area contributed by atoms with Crippen molar-refractivity contribution in [1.29, 1.82) is 0 Å². The number of nitrogens with one attached hydrogen (secondary N) is 1. The van der Waals surface area contributed by atoms with Gasteiger partial charge in [-0.1, -0.05) is 6.07 Å². The molecule has 1 N–H and O–H groups in total. The van der Waals surface area contributed by atoms with Crippen LogP contribution in [0.15, 0.2) is 23.1 Å². The predicted octanol–water partition coefficient (Wildman–Crippen LogP) is 0.939. The summed E-state index contributed by atoms with van der Waals surface area (Å²) >= 11 is 0.990. The number of aryl methyl sites for hydroxylation is 1. The molecular formula is C11H12N6O2S2. The molecular weight excluding hydrogens is 312 g/mol. The fourth-order valence-electron chi connectivity index (χ4n) is 1.90. The topological polar surface area (TPSA) is 105 Å². The van der Waals surface area contributed by atoms with Crippen molar-refractivity contribution < 1.29 is 8.42 Å². The minimum atomic E-state index is -3.68. The van der Waals surface area contributed by atoms with Crippen LogP contribution in [0.4, 0.5) is 0 Å². The minimum Gasteiger partial charge on any atom is -0.263 e. The highest BCUT2D eigenvalue weighted by Gasteiger charge is 2.25. The molecule has 0 radical (unpaired) electrons. The van der Waals surface area contributed by atoms with E-state index < -0.39 is 10.0 Å². The number of sulfonamides is 1. The van der Waals surface area contributed by atoms with Crippen molar-refractivity contribution in [2.45, 2.75) is 18.4 Å². The molecule has 10 heteroatoms. The van der Waals surface area contributed by atoms with Crippen LogP contribution in [-0.2, 0) is 16.6 Å². The van der Waals surface area contributed by atoms with E-state index in [0.29, 0.717) is 22.7 Å². The molecule has 0 amide bonds. The molecule has 0 bridgehead atoms. The summed E-state index contributed by atoms with van der Waals surface area (Å²) in [5.74, 6) is 1.06. The average Bonchev–Trinajstić information content (AvgIpc) is 3.06. The molecule has 21 heavy (non-hydrogen) atoms. The van der Waals surface area contributed by atoms with Gasteiger partial charge in [0.05, 0.1) is 18.3 Å². The summed E-state index contributed by atoms with van der Waals surface area (Å²) in [6, 6.07) is 4.91. The third-order valence-electron chi connectivity index (χ3n) is 2.94. The SMILES string of the molecule is Cc1nc(CN(C)S(=O)(=O)c2cccc3nsnc23)n[nH]1. The molecule has 0 saturated heterocycles. The van der Waals surface area contributed by atoms with E-state index in [4.69, 9.17) is 0 Å². The number of fused-ring (bicyclic) bond motifs is 1. The molecule has 0 atom stereocenters. The van der Waals surface area contributed by atoms with Gasteiger partial charge >= 0.3 is 0 Å². The molecule has 0 unspecified atom stereocenters. The van der Waals surface area contributed by atoms with Crippen molar-refractivity contribution in [2.24, 2.45) is 0 Å². The molecule has 0 aliphatic rings. The largest absolute Gasteiger partial charge is 0.263 e. The van der Waals surface area contributed by atoms with E-state index in [9.17, 15) is 8.42 Å². The van der Waals surface area contributed by atoms with Crippen LogP contribution in [0.25, 0.3) is 11.0 Å². The summed E-state index contributed by atoms with van der Waals surface area (Å²) in [6.07, 6.45) is 0. The molecule has 110 valence electrons. The molecule has 1 aromatic carbocycles. The van der Waals surface area contributed by atoms with Crippen molar-refractivity contribution in [2.75, 3.05) is 7.05 Å². The Kier molecular flexibility index (Phi) is 3.43. The van der Waals surface area contributed by atoms with Gasteiger partial charge in [0, 0.05) is 7.05 Å². The monoisotopic (exact) mass is 324 g/mol. The van der Waals surface area contributed by atoms with Gasteiger partial charge in [0.1, 0.15) is 21.8 Å². The Morgan fingerprint density at radius 2 is 2.14 bits per heavy atom. The predicted molar refractivity (Wildman–Crippen MR) is 77.2 cm³/mol. The number of hydrogen-bond donors (Lipinski definition) is 1. The molecule has 0 saturated carbocycles. The summed E-state index contributed by atoms with van der Waals surface area (Å²) < 4.78 is 34.6. The van der Waals surface area contributed by atoms with Gasteiger partial charge < -0.3 is 0 Å². The smallest absolute Gasteiger partial charge is 0.245 e. The van der Waals surface area contributed by atoms with Crippen molar-refractivity contribution in [1.82, 2.24) is 28.2 Å². The number of H-pyrrole nitrogens is 1. The summed E-state index contributed by atoms with van der Waals surface area (Å²) in [6.45, 7) is 1.84. The lowest BCUT2D eigenvalue weighted by atomic mass is 10.3. The summed E-state index contributed by atoms with van der Waals surface area (Å²) in [7, 11) is -2.20. The van der Waals surface area contributed by atoms with Crippen LogP contribution in [-0.4, -0.2) is 43.7 Å². The first-order valence-electron chi connectivity index (χ1n) is 6.04. The van der Waals surface area contributed by atoms with Crippen LogP contribution in [0.2, 0.25) is 0 Å². The highest BCUT2D eigenvalue weighted by molar-refractivity contribution is 7.89. The summed E-state index contributed by atoms with van der Waals surface area (Å²) in [5, 5.41) is 6.63. The van der Waals surface area contributed by atoms with Crippen molar-refractivity contribution in [3.05, 3.63) is 29.8 Å². The van der Waals surface area contributed by atoms with E-state index in [0.717, 1.165) is 11.7 Å². The lowest BCUT2D eigenvalue weighted by Crippen LogP contribution is -2.27. The third kappa shape index (κ3) is 2.52. The van der Waals surface area contributed by atoms with Crippen LogP contribution in [0, 0.1) is 6.92 Å². The molecule has 8 nitrogen and oxygen atoms in total. The molecule has 3 rings (SSSR count). The van der Waals surface area contributed by atoms with Gasteiger partial charge in [0.25, 0.3) is 0 Å². The summed E-state index contributed by atoms with van der Waals surface area (Å²) in [4.78, 5) is 4.25. The first-order valence-corrected chi connectivity index (χ1v) is 8.21. The standard InChI is InChI=1S/C11H12N6O2S2/c1-7-12-10(14-13-7)6-17(2)21(18,19)9-5-3-4-8-11(9)16-20-15-8/h3-5H,6H2,1-2H3,(H,12,13,14). The Morgan fingerprint density at radius 1 is 1.33 bits per heavy atom. The highest BCUT2D eigenvalue weighted by Crippen LogP contribution is 2.24. The second kappa shape index (κ2) is 5.13. The number of aromatic amines is 1. The second-order valence-electron chi connectivity index (χ2n) is 4.49. The highest BCUT2D eigenvalue weighted by atomic mass is 32.2. The Morgan fingerprint density at radius 3 is 2.86 bits per heavy atom. The number of benzene rings is 1. The van der Waals surface area contributed by atoms with E-state index in [1.54, 1.807) is 19.1 Å². The minimum absolute atomic E-state index is 0.0840. The van der Waals surface area contributed by atoms with Gasteiger partial charge in [-0.15, -0.1) is 0 Å². The Balaban J connectivity index is 1.98. The van der Waals surface area contributed by atoms with Crippen molar-refractivity contribution >= 4 is 32.8 Å². The maximum atomic E-state index is 12.7. The van der Waals surface area contributed by atoms with Gasteiger partial charge in [-0.3, -0.25) is 5.10 Å². The average molecular weight is 324 g/mol. The number of hydrogen-bond acceptors (Lipinski definition) is 7. The van der Waals surface area contributed by atoms with E-state index in [-0.39, 0.29) is 11.4 Å². The first kappa shape index (κ1) is 14.0. The van der Waals surface area contributed by atoms with Gasteiger partial charge in [0.15, 0.2) is 5.82 Å². The van der Waals surface area contributed by atoms with Gasteiger partial charge in [-0.05, 0) is 19.1 Å². The van der Waals surface area contributed by atoms with Crippen LogP contribution in [0.1, 0.15) is 11.6 Å². The maximum absolute atomic E-state index is 12.7. The zero-order valence-electron chi connectivity index (χ0n) is 11.3. The van der Waals surface area contributed by atoms with Crippen molar-refractivity contribution in [3.8, 4) is 0 Å². The van der Waals surface area contributed by atoms with Gasteiger partial charge in [-0.25, -0.2) is 13.4 Å². The maximum Gasteiger partial charge on any atom is 0.245 e. The Hall–Kier alpha value is -1.91. The molecule has 3 aromatic rings. The zero-order chi connectivity index (χ0) is 15.0. The zero-order valence-corrected chi connectivity index (χ0v) is 12.9. The molecule has 0 fully saturated rings. The molecule has 0 spiro atoms. The number of rotatable bonds is 4. The van der Waals surface area contributed by atoms with E-state index in [1.807, 2.05) is 0 Å². The molecule has 0 aliphatic carbocycles. The van der Waals surface area contributed by atoms with Gasteiger partial charge in [0.2, 0.25) is 10.0 Å². The van der Waals surface area contributed by atoms with E-state index >= 15 is 0 Å². The fraction of sp³-hybridized carbons (Fsp3) is 0.273. The van der Waals surface area contributed by atoms with Crippen LogP contribution < -0.4 is 0 Å². The quantitative estimate of drug-likeness (QED) is 0.766. The normalized spacial score (nSPS) is 12.3. The second-order valence-corrected chi connectivity index (χ2v) is 7.03. The molecule has 2 aromatic heterocycles. The van der Waals surface area contributed by atoms with E-state index in [1.165, 1.54) is 17.4 Å².